The molecule has 0 amide bonds. The number of hydrogen-bond donors (Lipinski definition) is 0. The quantitative estimate of drug-likeness (QED) is 0.668. The molecule has 1 heteroatoms. The molecule has 0 N–H and O–H groups in total. The van der Waals surface area contributed by atoms with Crippen molar-refractivity contribution in [3.8, 4) is 0 Å². The van der Waals surface area contributed by atoms with Gasteiger partial charge in [-0.05, 0) is 32.6 Å². The van der Waals surface area contributed by atoms with Gasteiger partial charge in [-0.25, -0.2) is 0 Å². The van der Waals surface area contributed by atoms with Crippen molar-refractivity contribution in [1.82, 2.24) is 0 Å². The van der Waals surface area contributed by atoms with E-state index in [0.29, 0.717) is 5.25 Å². The second-order valence-corrected chi connectivity index (χ2v) is 4.48. The third-order valence-corrected chi connectivity index (χ3v) is 3.05. The first kappa shape index (κ1) is 9.66. The fourth-order valence-electron chi connectivity index (χ4n) is 1.38. The van der Waals surface area contributed by atoms with Gasteiger partial charge in [0.2, 0.25) is 0 Å². The van der Waals surface area contributed by atoms with E-state index in [0.717, 1.165) is 0 Å². The number of hydrogen-bond acceptors (Lipinski definition) is 1. The molecule has 1 rings (SSSR count). The van der Waals surface area contributed by atoms with Crippen molar-refractivity contribution < 1.29 is 0 Å². The Morgan fingerprint density at radius 3 is 2.00 bits per heavy atom. The summed E-state index contributed by atoms with van der Waals surface area (Å²) in [7, 11) is 0. The molecule has 0 aliphatic carbocycles. The SMILES string of the molecule is CSC(C)c1cc(C)cc(C)c1. The summed E-state index contributed by atoms with van der Waals surface area (Å²) in [5.74, 6) is 0. The lowest BCUT2D eigenvalue weighted by Crippen LogP contribution is -1.89. The molecule has 1 atom stereocenters. The maximum atomic E-state index is 2.27. The lowest BCUT2D eigenvalue weighted by atomic mass is 10.1. The van der Waals surface area contributed by atoms with E-state index in [2.05, 4.69) is 45.2 Å². The van der Waals surface area contributed by atoms with Crippen LogP contribution >= 0.6 is 11.8 Å². The zero-order chi connectivity index (χ0) is 9.14. The normalized spacial score (nSPS) is 13.0. The first-order valence-electron chi connectivity index (χ1n) is 4.24. The van der Waals surface area contributed by atoms with Gasteiger partial charge >= 0.3 is 0 Å². The Labute approximate surface area is 79.4 Å². The average molecular weight is 180 g/mol. The molecule has 1 unspecified atom stereocenters. The van der Waals surface area contributed by atoms with Crippen LogP contribution in [0.15, 0.2) is 18.2 Å². The van der Waals surface area contributed by atoms with Crippen molar-refractivity contribution in [2.75, 3.05) is 6.26 Å². The first-order chi connectivity index (χ1) is 5.63. The van der Waals surface area contributed by atoms with E-state index in [1.165, 1.54) is 16.7 Å². The third-order valence-electron chi connectivity index (χ3n) is 2.07. The Balaban J connectivity index is 3.00. The van der Waals surface area contributed by atoms with Gasteiger partial charge in [0.25, 0.3) is 0 Å². The van der Waals surface area contributed by atoms with Gasteiger partial charge in [0.05, 0.1) is 0 Å². The van der Waals surface area contributed by atoms with E-state index in [1.807, 2.05) is 11.8 Å². The van der Waals surface area contributed by atoms with E-state index in [4.69, 9.17) is 0 Å². The third kappa shape index (κ3) is 2.28. The van der Waals surface area contributed by atoms with Gasteiger partial charge in [-0.2, -0.15) is 11.8 Å². The lowest BCUT2D eigenvalue weighted by Gasteiger charge is -2.10. The summed E-state index contributed by atoms with van der Waals surface area (Å²) >= 11 is 1.90. The van der Waals surface area contributed by atoms with Crippen LogP contribution in [0.25, 0.3) is 0 Å². The number of thioether (sulfide) groups is 1. The van der Waals surface area contributed by atoms with Gasteiger partial charge in [-0.15, -0.1) is 0 Å². The van der Waals surface area contributed by atoms with Gasteiger partial charge in [-0.1, -0.05) is 29.3 Å². The molecule has 0 saturated heterocycles. The summed E-state index contributed by atoms with van der Waals surface area (Å²) in [5.41, 5.74) is 4.18. The minimum Gasteiger partial charge on any atom is -0.158 e. The fraction of sp³-hybridized carbons (Fsp3) is 0.455. The van der Waals surface area contributed by atoms with Crippen LogP contribution in [-0.2, 0) is 0 Å². The molecule has 0 heterocycles. The highest BCUT2D eigenvalue weighted by atomic mass is 32.2. The molecule has 0 bridgehead atoms. The first-order valence-corrected chi connectivity index (χ1v) is 5.53. The molecule has 0 fully saturated rings. The van der Waals surface area contributed by atoms with E-state index in [-0.39, 0.29) is 0 Å². The fourth-order valence-corrected chi connectivity index (χ4v) is 1.79. The molecule has 0 aliphatic rings. The molecular formula is C11H16S. The van der Waals surface area contributed by atoms with Crippen LogP contribution in [0, 0.1) is 13.8 Å². The second kappa shape index (κ2) is 3.99. The standard InChI is InChI=1S/C11H16S/c1-8-5-9(2)7-11(6-8)10(3)12-4/h5-7,10H,1-4H3. The Morgan fingerprint density at radius 1 is 1.08 bits per heavy atom. The van der Waals surface area contributed by atoms with Crippen molar-refractivity contribution in [2.45, 2.75) is 26.0 Å². The van der Waals surface area contributed by atoms with Crippen LogP contribution in [0.2, 0.25) is 0 Å². The smallest absolute Gasteiger partial charge is 0.0266 e. The van der Waals surface area contributed by atoms with E-state index < -0.39 is 0 Å². The summed E-state index contributed by atoms with van der Waals surface area (Å²) in [6.45, 7) is 6.56. The van der Waals surface area contributed by atoms with E-state index in [9.17, 15) is 0 Å². The highest BCUT2D eigenvalue weighted by molar-refractivity contribution is 7.98. The Morgan fingerprint density at radius 2 is 1.58 bits per heavy atom. The van der Waals surface area contributed by atoms with Gasteiger partial charge in [0, 0.05) is 5.25 Å². The van der Waals surface area contributed by atoms with Crippen LogP contribution in [0.1, 0.15) is 28.9 Å². The molecule has 1 aromatic carbocycles. The largest absolute Gasteiger partial charge is 0.158 e. The predicted octanol–water partition coefficient (Wildman–Crippen LogP) is 3.73. The molecule has 0 radical (unpaired) electrons. The maximum absolute atomic E-state index is 2.27. The molecule has 0 spiro atoms. The molecular weight excluding hydrogens is 164 g/mol. The monoisotopic (exact) mass is 180 g/mol. The molecule has 0 saturated carbocycles. The molecule has 0 aromatic heterocycles. The summed E-state index contributed by atoms with van der Waals surface area (Å²) in [6, 6.07) is 6.76. The summed E-state index contributed by atoms with van der Waals surface area (Å²) in [5, 5.41) is 0.614. The van der Waals surface area contributed by atoms with Crippen LogP contribution < -0.4 is 0 Å². The second-order valence-electron chi connectivity index (χ2n) is 3.30. The highest BCUT2D eigenvalue weighted by Crippen LogP contribution is 2.26. The Bertz CT molecular complexity index is 245. The molecule has 1 aromatic rings. The maximum Gasteiger partial charge on any atom is 0.0266 e. The molecule has 12 heavy (non-hydrogen) atoms. The Hall–Kier alpha value is -0.430. The summed E-state index contributed by atoms with van der Waals surface area (Å²) in [4.78, 5) is 0. The highest BCUT2D eigenvalue weighted by Gasteiger charge is 2.03. The van der Waals surface area contributed by atoms with Gasteiger partial charge < -0.3 is 0 Å². The average Bonchev–Trinajstić information content (AvgIpc) is 2.01. The number of benzene rings is 1. The van der Waals surface area contributed by atoms with Crippen molar-refractivity contribution in [3.63, 3.8) is 0 Å². The van der Waals surface area contributed by atoms with Crippen molar-refractivity contribution in [3.05, 3.63) is 34.9 Å². The van der Waals surface area contributed by atoms with Crippen LogP contribution in [-0.4, -0.2) is 6.26 Å². The van der Waals surface area contributed by atoms with Crippen molar-refractivity contribution >= 4 is 11.8 Å². The molecule has 66 valence electrons. The number of aryl methyl sites for hydroxylation is 2. The van der Waals surface area contributed by atoms with Gasteiger partial charge in [0.15, 0.2) is 0 Å². The zero-order valence-electron chi connectivity index (χ0n) is 8.22. The van der Waals surface area contributed by atoms with Gasteiger partial charge in [0.1, 0.15) is 0 Å². The number of rotatable bonds is 2. The molecule has 0 nitrogen and oxygen atoms in total. The minimum absolute atomic E-state index is 0.614. The summed E-state index contributed by atoms with van der Waals surface area (Å²) < 4.78 is 0. The van der Waals surface area contributed by atoms with Crippen molar-refractivity contribution in [1.29, 1.82) is 0 Å². The minimum atomic E-state index is 0.614. The predicted molar refractivity (Wildman–Crippen MR) is 57.8 cm³/mol. The summed E-state index contributed by atoms with van der Waals surface area (Å²) in [6.07, 6.45) is 2.16. The van der Waals surface area contributed by atoms with Gasteiger partial charge in [-0.3, -0.25) is 0 Å². The van der Waals surface area contributed by atoms with E-state index >= 15 is 0 Å². The van der Waals surface area contributed by atoms with Crippen LogP contribution in [0.4, 0.5) is 0 Å². The van der Waals surface area contributed by atoms with Crippen LogP contribution in [0.3, 0.4) is 0 Å². The Kier molecular flexibility index (Phi) is 3.21. The van der Waals surface area contributed by atoms with Crippen molar-refractivity contribution in [2.24, 2.45) is 0 Å². The lowest BCUT2D eigenvalue weighted by molar-refractivity contribution is 1.09. The van der Waals surface area contributed by atoms with E-state index in [1.54, 1.807) is 0 Å². The molecule has 0 aliphatic heterocycles. The zero-order valence-corrected chi connectivity index (χ0v) is 9.03. The topological polar surface area (TPSA) is 0 Å². The van der Waals surface area contributed by atoms with Crippen LogP contribution in [0.5, 0.6) is 0 Å².